The number of hydrogen-bond donors (Lipinski definition) is 2. The van der Waals surface area contributed by atoms with Gasteiger partial charge in [0, 0.05) is 12.1 Å². The highest BCUT2D eigenvalue weighted by atomic mass is 16.5. The zero-order valence-electron chi connectivity index (χ0n) is 11.0. The molecule has 6 nitrogen and oxygen atoms in total. The van der Waals surface area contributed by atoms with Crippen molar-refractivity contribution in [3.05, 3.63) is 23.8 Å². The van der Waals surface area contributed by atoms with Crippen molar-refractivity contribution in [2.24, 2.45) is 0 Å². The lowest BCUT2D eigenvalue weighted by molar-refractivity contribution is -0.141. The molecule has 104 valence electrons. The number of rotatable bonds is 5. The Morgan fingerprint density at radius 1 is 1.42 bits per heavy atom. The van der Waals surface area contributed by atoms with E-state index in [1.54, 1.807) is 0 Å². The maximum absolute atomic E-state index is 12.2. The van der Waals surface area contributed by atoms with Crippen LogP contribution in [-0.4, -0.2) is 42.1 Å². The van der Waals surface area contributed by atoms with Gasteiger partial charge in [0.25, 0.3) is 5.91 Å². The van der Waals surface area contributed by atoms with Gasteiger partial charge >= 0.3 is 5.97 Å². The van der Waals surface area contributed by atoms with Crippen LogP contribution in [0.4, 0.5) is 5.69 Å². The number of phenolic OH excluding ortho intramolecular Hbond substituents is 1. The molecule has 1 amide bonds. The van der Waals surface area contributed by atoms with Crippen molar-refractivity contribution in [2.75, 3.05) is 25.9 Å². The Kier molecular flexibility index (Phi) is 5.17. The van der Waals surface area contributed by atoms with Crippen LogP contribution in [0.3, 0.4) is 0 Å². The number of nitrogens with zero attached hydrogens (tertiary/aromatic N) is 1. The summed E-state index contributed by atoms with van der Waals surface area (Å²) in [6.45, 7) is 2.21. The number of nitrogens with two attached hydrogens (primary N) is 1. The van der Waals surface area contributed by atoms with Crippen molar-refractivity contribution < 1.29 is 19.4 Å². The summed E-state index contributed by atoms with van der Waals surface area (Å²) in [5.41, 5.74) is 5.96. The van der Waals surface area contributed by atoms with Crippen molar-refractivity contribution in [1.82, 2.24) is 4.90 Å². The Balaban J connectivity index is 2.91. The summed E-state index contributed by atoms with van der Waals surface area (Å²) < 4.78 is 4.55. The van der Waals surface area contributed by atoms with E-state index in [0.29, 0.717) is 13.0 Å². The Morgan fingerprint density at radius 3 is 2.63 bits per heavy atom. The minimum Gasteiger partial charge on any atom is -0.506 e. The maximum Gasteiger partial charge on any atom is 0.325 e. The van der Waals surface area contributed by atoms with E-state index in [9.17, 15) is 14.7 Å². The van der Waals surface area contributed by atoms with E-state index in [1.807, 2.05) is 6.92 Å². The number of carbonyl (C=O) groups excluding carboxylic acids is 2. The molecule has 0 aliphatic rings. The molecule has 19 heavy (non-hydrogen) atoms. The van der Waals surface area contributed by atoms with Crippen molar-refractivity contribution in [2.45, 2.75) is 13.3 Å². The molecular formula is C13H18N2O4. The molecule has 6 heteroatoms. The zero-order valence-corrected chi connectivity index (χ0v) is 11.0. The van der Waals surface area contributed by atoms with E-state index >= 15 is 0 Å². The van der Waals surface area contributed by atoms with Crippen LogP contribution in [0.1, 0.15) is 23.7 Å². The fourth-order valence-corrected chi connectivity index (χ4v) is 1.60. The molecule has 0 bridgehead atoms. The number of nitrogen functional groups attached to an aromatic ring is 1. The van der Waals surface area contributed by atoms with Gasteiger partial charge < -0.3 is 20.5 Å². The molecule has 0 unspecified atom stereocenters. The summed E-state index contributed by atoms with van der Waals surface area (Å²) >= 11 is 0. The quantitative estimate of drug-likeness (QED) is 0.471. The van der Waals surface area contributed by atoms with E-state index in [1.165, 1.54) is 30.2 Å². The minimum atomic E-state index is -0.485. The summed E-state index contributed by atoms with van der Waals surface area (Å²) in [5.74, 6) is -0.982. The molecule has 0 heterocycles. The highest BCUT2D eigenvalue weighted by Gasteiger charge is 2.19. The Hall–Kier alpha value is -2.24. The van der Waals surface area contributed by atoms with Gasteiger partial charge in [0.1, 0.15) is 12.3 Å². The second kappa shape index (κ2) is 6.63. The average Bonchev–Trinajstić information content (AvgIpc) is 2.40. The molecule has 3 N–H and O–H groups in total. The molecule has 1 aromatic rings. The standard InChI is InChI=1S/C13H18N2O4/c1-3-6-15(8-12(17)19-2)13(18)9-4-5-10(14)11(16)7-9/h4-5,7,16H,3,6,8,14H2,1-2H3. The lowest BCUT2D eigenvalue weighted by Gasteiger charge is -2.21. The molecule has 0 saturated heterocycles. The van der Waals surface area contributed by atoms with Gasteiger partial charge in [-0.05, 0) is 24.6 Å². The van der Waals surface area contributed by atoms with Crippen molar-refractivity contribution in [1.29, 1.82) is 0 Å². The van der Waals surface area contributed by atoms with E-state index < -0.39 is 5.97 Å². The number of carbonyl (C=O) groups is 2. The van der Waals surface area contributed by atoms with Crippen LogP contribution in [0.2, 0.25) is 0 Å². The normalized spacial score (nSPS) is 10.0. The van der Waals surface area contributed by atoms with Crippen molar-refractivity contribution in [3.8, 4) is 5.75 Å². The van der Waals surface area contributed by atoms with Gasteiger partial charge in [-0.15, -0.1) is 0 Å². The average molecular weight is 266 g/mol. The third-order valence-electron chi connectivity index (χ3n) is 2.61. The van der Waals surface area contributed by atoms with E-state index in [2.05, 4.69) is 4.74 Å². The maximum atomic E-state index is 12.2. The molecule has 0 aromatic heterocycles. The van der Waals surface area contributed by atoms with Gasteiger partial charge in [0.05, 0.1) is 12.8 Å². The molecule has 0 aliphatic heterocycles. The molecule has 0 radical (unpaired) electrons. The van der Waals surface area contributed by atoms with E-state index in [4.69, 9.17) is 5.73 Å². The first-order valence-corrected chi connectivity index (χ1v) is 5.94. The van der Waals surface area contributed by atoms with Gasteiger partial charge in [-0.25, -0.2) is 0 Å². The van der Waals surface area contributed by atoms with E-state index in [0.717, 1.165) is 0 Å². The Morgan fingerprint density at radius 2 is 2.11 bits per heavy atom. The number of esters is 1. The lowest BCUT2D eigenvalue weighted by Crippen LogP contribution is -2.36. The van der Waals surface area contributed by atoms with Crippen LogP contribution in [0, 0.1) is 0 Å². The Labute approximate surface area is 111 Å². The summed E-state index contributed by atoms with van der Waals surface area (Å²) in [5, 5.41) is 9.50. The SMILES string of the molecule is CCCN(CC(=O)OC)C(=O)c1ccc(N)c(O)c1. The fraction of sp³-hybridized carbons (Fsp3) is 0.385. The highest BCUT2D eigenvalue weighted by Crippen LogP contribution is 2.21. The van der Waals surface area contributed by atoms with E-state index in [-0.39, 0.29) is 29.5 Å². The van der Waals surface area contributed by atoms with Gasteiger partial charge in [-0.2, -0.15) is 0 Å². The number of ether oxygens (including phenoxy) is 1. The van der Waals surface area contributed by atoms with Crippen LogP contribution in [0.15, 0.2) is 18.2 Å². The number of methoxy groups -OCH3 is 1. The van der Waals surface area contributed by atoms with Crippen LogP contribution >= 0.6 is 0 Å². The van der Waals surface area contributed by atoms with Crippen LogP contribution < -0.4 is 5.73 Å². The third kappa shape index (κ3) is 3.87. The predicted molar refractivity (Wildman–Crippen MR) is 70.7 cm³/mol. The molecular weight excluding hydrogens is 248 g/mol. The smallest absolute Gasteiger partial charge is 0.325 e. The van der Waals surface area contributed by atoms with Gasteiger partial charge in [0.2, 0.25) is 0 Å². The largest absolute Gasteiger partial charge is 0.506 e. The highest BCUT2D eigenvalue weighted by molar-refractivity contribution is 5.96. The topological polar surface area (TPSA) is 92.9 Å². The first-order chi connectivity index (χ1) is 8.99. The molecule has 0 spiro atoms. The monoisotopic (exact) mass is 266 g/mol. The number of benzene rings is 1. The molecule has 1 aromatic carbocycles. The fourth-order valence-electron chi connectivity index (χ4n) is 1.60. The van der Waals surface area contributed by atoms with Crippen molar-refractivity contribution >= 4 is 17.6 Å². The van der Waals surface area contributed by atoms with Crippen LogP contribution in [0.5, 0.6) is 5.75 Å². The summed E-state index contributed by atoms with van der Waals surface area (Å²) in [4.78, 5) is 24.9. The van der Waals surface area contributed by atoms with Gasteiger partial charge in [-0.1, -0.05) is 6.92 Å². The third-order valence-corrected chi connectivity index (χ3v) is 2.61. The number of phenols is 1. The summed E-state index contributed by atoms with van der Waals surface area (Å²) in [6.07, 6.45) is 0.712. The number of hydrogen-bond acceptors (Lipinski definition) is 5. The number of anilines is 1. The van der Waals surface area contributed by atoms with Crippen LogP contribution in [0.25, 0.3) is 0 Å². The molecule has 1 rings (SSSR count). The molecule has 0 atom stereocenters. The van der Waals surface area contributed by atoms with Crippen LogP contribution in [-0.2, 0) is 9.53 Å². The van der Waals surface area contributed by atoms with Gasteiger partial charge in [-0.3, -0.25) is 9.59 Å². The molecule has 0 fully saturated rings. The van der Waals surface area contributed by atoms with Crippen molar-refractivity contribution in [3.63, 3.8) is 0 Å². The summed E-state index contributed by atoms with van der Waals surface area (Å²) in [7, 11) is 1.27. The second-order valence-electron chi connectivity index (χ2n) is 4.08. The predicted octanol–water partition coefficient (Wildman–Crippen LogP) is 1.000. The first kappa shape index (κ1) is 14.8. The zero-order chi connectivity index (χ0) is 14.4. The number of amides is 1. The minimum absolute atomic E-state index is 0.117. The molecule has 0 aliphatic carbocycles. The molecule has 0 saturated carbocycles. The lowest BCUT2D eigenvalue weighted by atomic mass is 10.1. The number of aromatic hydroxyl groups is 1. The second-order valence-corrected chi connectivity index (χ2v) is 4.08. The first-order valence-electron chi connectivity index (χ1n) is 5.94. The summed E-state index contributed by atoms with van der Waals surface area (Å²) in [6, 6.07) is 4.25. The van der Waals surface area contributed by atoms with Gasteiger partial charge in [0.15, 0.2) is 0 Å². The Bertz CT molecular complexity index is 474.